The Hall–Kier alpha value is -0.530. The highest BCUT2D eigenvalue weighted by molar-refractivity contribution is 5.86. The van der Waals surface area contributed by atoms with Gasteiger partial charge < -0.3 is 4.90 Å². The van der Waals surface area contributed by atoms with Gasteiger partial charge in [-0.2, -0.15) is 0 Å². The normalized spacial score (nSPS) is 30.1. The van der Waals surface area contributed by atoms with Crippen LogP contribution < -0.4 is 0 Å². The topological polar surface area (TPSA) is 15.6 Å². The molecule has 0 bridgehead atoms. The molecule has 2 rings (SSSR count). The zero-order chi connectivity index (χ0) is 7.68. The summed E-state index contributed by atoms with van der Waals surface area (Å²) in [7, 11) is 0. The minimum Gasteiger partial charge on any atom is -0.360 e. The van der Waals surface area contributed by atoms with Crippen molar-refractivity contribution in [3.63, 3.8) is 0 Å². The maximum absolute atomic E-state index is 4.59. The fourth-order valence-corrected chi connectivity index (χ4v) is 2.11. The Morgan fingerprint density at radius 3 is 3.27 bits per heavy atom. The van der Waals surface area contributed by atoms with E-state index >= 15 is 0 Å². The first-order chi connectivity index (χ1) is 5.42. The summed E-state index contributed by atoms with van der Waals surface area (Å²) in [4.78, 5) is 7.06. The molecule has 1 fully saturated rings. The Morgan fingerprint density at radius 2 is 2.45 bits per heavy atom. The number of hydrogen-bond acceptors (Lipinski definition) is 2. The van der Waals surface area contributed by atoms with Crippen LogP contribution in [0.1, 0.15) is 26.2 Å². The standard InChI is InChI=1S/C9H16N2/c1-2-8-4-7-11-6-3-5-10-9(8)11/h8H,2-7H2,1H3. The van der Waals surface area contributed by atoms with Gasteiger partial charge in [0.05, 0.1) is 0 Å². The third-order valence-electron chi connectivity index (χ3n) is 2.79. The van der Waals surface area contributed by atoms with Crippen LogP contribution >= 0.6 is 0 Å². The second-order valence-corrected chi connectivity index (χ2v) is 3.47. The summed E-state index contributed by atoms with van der Waals surface area (Å²) >= 11 is 0. The van der Waals surface area contributed by atoms with Crippen LogP contribution in [-0.4, -0.2) is 30.4 Å². The predicted molar refractivity (Wildman–Crippen MR) is 46.9 cm³/mol. The van der Waals surface area contributed by atoms with E-state index in [1.165, 1.54) is 38.2 Å². The summed E-state index contributed by atoms with van der Waals surface area (Å²) in [5, 5.41) is 0. The highest BCUT2D eigenvalue weighted by Gasteiger charge is 2.28. The van der Waals surface area contributed by atoms with Gasteiger partial charge in [0, 0.05) is 25.6 Å². The van der Waals surface area contributed by atoms with Crippen LogP contribution in [0.15, 0.2) is 4.99 Å². The number of rotatable bonds is 1. The molecule has 0 aromatic heterocycles. The van der Waals surface area contributed by atoms with Crippen LogP contribution in [-0.2, 0) is 0 Å². The van der Waals surface area contributed by atoms with Crippen molar-refractivity contribution in [2.45, 2.75) is 26.2 Å². The second kappa shape index (κ2) is 2.84. The Morgan fingerprint density at radius 1 is 1.55 bits per heavy atom. The van der Waals surface area contributed by atoms with Crippen molar-refractivity contribution >= 4 is 5.84 Å². The molecule has 1 saturated heterocycles. The molecule has 0 N–H and O–H groups in total. The summed E-state index contributed by atoms with van der Waals surface area (Å²) in [6.07, 6.45) is 3.88. The molecule has 2 aliphatic heterocycles. The first kappa shape index (κ1) is 7.14. The zero-order valence-corrected chi connectivity index (χ0v) is 7.21. The SMILES string of the molecule is CCC1CCN2CCCN=C12. The molecule has 0 amide bonds. The van der Waals surface area contributed by atoms with Gasteiger partial charge in [-0.3, -0.25) is 4.99 Å². The molecule has 62 valence electrons. The molecule has 2 heterocycles. The lowest BCUT2D eigenvalue weighted by Crippen LogP contribution is -2.32. The van der Waals surface area contributed by atoms with Crippen LogP contribution in [0.4, 0.5) is 0 Å². The molecule has 0 radical (unpaired) electrons. The molecule has 0 aliphatic carbocycles. The van der Waals surface area contributed by atoms with Gasteiger partial charge in [-0.25, -0.2) is 0 Å². The fraction of sp³-hybridized carbons (Fsp3) is 0.889. The third-order valence-corrected chi connectivity index (χ3v) is 2.79. The van der Waals surface area contributed by atoms with Crippen LogP contribution in [0.2, 0.25) is 0 Å². The Balaban J connectivity index is 2.13. The minimum absolute atomic E-state index is 0.787. The highest BCUT2D eigenvalue weighted by atomic mass is 15.2. The van der Waals surface area contributed by atoms with Crippen molar-refractivity contribution < 1.29 is 0 Å². The molecule has 2 aliphatic rings. The molecular formula is C9H16N2. The summed E-state index contributed by atoms with van der Waals surface area (Å²) in [5.41, 5.74) is 0. The lowest BCUT2D eigenvalue weighted by Gasteiger charge is -2.24. The van der Waals surface area contributed by atoms with E-state index in [9.17, 15) is 0 Å². The van der Waals surface area contributed by atoms with Crippen molar-refractivity contribution in [3.8, 4) is 0 Å². The maximum Gasteiger partial charge on any atom is 0.102 e. The van der Waals surface area contributed by atoms with Gasteiger partial charge in [-0.05, 0) is 19.3 Å². The van der Waals surface area contributed by atoms with Crippen molar-refractivity contribution in [3.05, 3.63) is 0 Å². The van der Waals surface area contributed by atoms with Gasteiger partial charge in [-0.15, -0.1) is 0 Å². The van der Waals surface area contributed by atoms with Gasteiger partial charge in [0.1, 0.15) is 5.84 Å². The molecule has 1 atom stereocenters. The number of amidine groups is 1. The quantitative estimate of drug-likeness (QED) is 0.556. The summed E-state index contributed by atoms with van der Waals surface area (Å²) in [5.74, 6) is 2.20. The van der Waals surface area contributed by atoms with Crippen molar-refractivity contribution in [2.24, 2.45) is 10.9 Å². The molecule has 0 aromatic carbocycles. The maximum atomic E-state index is 4.59. The second-order valence-electron chi connectivity index (χ2n) is 3.47. The number of fused-ring (bicyclic) bond motifs is 1. The fourth-order valence-electron chi connectivity index (χ4n) is 2.11. The molecular weight excluding hydrogens is 136 g/mol. The van der Waals surface area contributed by atoms with Crippen LogP contribution in [0.3, 0.4) is 0 Å². The van der Waals surface area contributed by atoms with E-state index in [1.54, 1.807) is 0 Å². The lowest BCUT2D eigenvalue weighted by atomic mass is 10.1. The number of hydrogen-bond donors (Lipinski definition) is 0. The Labute approximate surface area is 68.3 Å². The van der Waals surface area contributed by atoms with Crippen molar-refractivity contribution in [1.82, 2.24) is 4.90 Å². The number of aliphatic imine (C=N–C) groups is 1. The van der Waals surface area contributed by atoms with Gasteiger partial charge in [-0.1, -0.05) is 6.92 Å². The van der Waals surface area contributed by atoms with Crippen LogP contribution in [0, 0.1) is 5.92 Å². The molecule has 0 spiro atoms. The molecule has 2 nitrogen and oxygen atoms in total. The van der Waals surface area contributed by atoms with Crippen LogP contribution in [0.25, 0.3) is 0 Å². The predicted octanol–water partition coefficient (Wildman–Crippen LogP) is 1.52. The van der Waals surface area contributed by atoms with Crippen LogP contribution in [0.5, 0.6) is 0 Å². The Bertz CT molecular complexity index is 174. The average Bonchev–Trinajstić information content (AvgIpc) is 2.47. The smallest absolute Gasteiger partial charge is 0.102 e. The monoisotopic (exact) mass is 152 g/mol. The molecule has 0 saturated carbocycles. The summed E-state index contributed by atoms with van der Waals surface area (Å²) in [6.45, 7) is 5.86. The summed E-state index contributed by atoms with van der Waals surface area (Å²) < 4.78 is 0. The zero-order valence-electron chi connectivity index (χ0n) is 7.21. The molecule has 11 heavy (non-hydrogen) atoms. The number of nitrogens with zero attached hydrogens (tertiary/aromatic N) is 2. The van der Waals surface area contributed by atoms with Gasteiger partial charge in [0.25, 0.3) is 0 Å². The van der Waals surface area contributed by atoms with E-state index in [-0.39, 0.29) is 0 Å². The van der Waals surface area contributed by atoms with E-state index < -0.39 is 0 Å². The van der Waals surface area contributed by atoms with Gasteiger partial charge in [0.15, 0.2) is 0 Å². The van der Waals surface area contributed by atoms with E-state index in [0.717, 1.165) is 12.5 Å². The van der Waals surface area contributed by atoms with Crippen molar-refractivity contribution in [1.29, 1.82) is 0 Å². The third kappa shape index (κ3) is 1.15. The first-order valence-electron chi connectivity index (χ1n) is 4.71. The Kier molecular flexibility index (Phi) is 1.84. The van der Waals surface area contributed by atoms with E-state index in [0.29, 0.717) is 0 Å². The van der Waals surface area contributed by atoms with Crippen molar-refractivity contribution in [2.75, 3.05) is 19.6 Å². The highest BCUT2D eigenvalue weighted by Crippen LogP contribution is 2.24. The van der Waals surface area contributed by atoms with E-state index in [2.05, 4.69) is 16.8 Å². The molecule has 1 unspecified atom stereocenters. The minimum atomic E-state index is 0.787. The lowest BCUT2D eigenvalue weighted by molar-refractivity contribution is 0.427. The van der Waals surface area contributed by atoms with Gasteiger partial charge in [0.2, 0.25) is 0 Å². The first-order valence-corrected chi connectivity index (χ1v) is 4.71. The van der Waals surface area contributed by atoms with E-state index in [1.807, 2.05) is 0 Å². The average molecular weight is 152 g/mol. The van der Waals surface area contributed by atoms with Gasteiger partial charge >= 0.3 is 0 Å². The largest absolute Gasteiger partial charge is 0.360 e. The molecule has 2 heteroatoms. The summed E-state index contributed by atoms with van der Waals surface area (Å²) in [6, 6.07) is 0. The molecule has 0 aromatic rings. The van der Waals surface area contributed by atoms with E-state index in [4.69, 9.17) is 0 Å².